The highest BCUT2D eigenvalue weighted by Crippen LogP contribution is 2.55. The predicted molar refractivity (Wildman–Crippen MR) is 78.1 cm³/mol. The summed E-state index contributed by atoms with van der Waals surface area (Å²) in [5, 5.41) is 3.44. The van der Waals surface area contributed by atoms with Gasteiger partial charge in [-0.3, -0.25) is 0 Å². The first kappa shape index (κ1) is 14.2. The van der Waals surface area contributed by atoms with E-state index in [1.807, 2.05) is 6.07 Å². The second kappa shape index (κ2) is 5.41. The van der Waals surface area contributed by atoms with Crippen LogP contribution in [-0.4, -0.2) is 27.3 Å². The first-order valence-electron chi connectivity index (χ1n) is 6.99. The molecule has 3 nitrogen and oxygen atoms in total. The van der Waals surface area contributed by atoms with Gasteiger partial charge >= 0.3 is 0 Å². The fraction of sp³-hybridized carbons (Fsp3) is 0.625. The van der Waals surface area contributed by atoms with E-state index < -0.39 is 0 Å². The summed E-state index contributed by atoms with van der Waals surface area (Å²) in [5.41, 5.74) is 1.68. The highest BCUT2D eigenvalue weighted by molar-refractivity contribution is 5.45. The van der Waals surface area contributed by atoms with Gasteiger partial charge in [-0.15, -0.1) is 0 Å². The van der Waals surface area contributed by atoms with Crippen molar-refractivity contribution < 1.29 is 9.47 Å². The van der Waals surface area contributed by atoms with E-state index in [9.17, 15) is 0 Å². The summed E-state index contributed by atoms with van der Waals surface area (Å²) in [6.45, 7) is 4.65. The Kier molecular flexibility index (Phi) is 4.04. The van der Waals surface area contributed by atoms with Crippen LogP contribution in [0.25, 0.3) is 0 Å². The maximum atomic E-state index is 5.41. The molecule has 0 aliphatic heterocycles. The van der Waals surface area contributed by atoms with Crippen molar-refractivity contribution in [2.45, 2.75) is 38.6 Å². The van der Waals surface area contributed by atoms with Crippen LogP contribution >= 0.6 is 0 Å². The van der Waals surface area contributed by atoms with Crippen LogP contribution in [0.15, 0.2) is 18.2 Å². The average Bonchev–Trinajstić information content (AvgIpc) is 2.45. The fourth-order valence-electron chi connectivity index (χ4n) is 3.38. The Labute approximate surface area is 116 Å². The molecule has 0 spiro atoms. The van der Waals surface area contributed by atoms with Crippen molar-refractivity contribution >= 4 is 0 Å². The van der Waals surface area contributed by atoms with Crippen molar-refractivity contribution in [3.05, 3.63) is 23.8 Å². The van der Waals surface area contributed by atoms with Crippen molar-refractivity contribution in [2.24, 2.45) is 5.41 Å². The lowest BCUT2D eigenvalue weighted by Crippen LogP contribution is -2.55. The number of ether oxygens (including phenoxy) is 2. The third-order valence-electron chi connectivity index (χ3n) is 4.98. The molecule has 0 heterocycles. The molecular weight excluding hydrogens is 238 g/mol. The number of nitrogens with one attached hydrogen (secondary N) is 1. The van der Waals surface area contributed by atoms with E-state index in [1.165, 1.54) is 18.4 Å². The van der Waals surface area contributed by atoms with Crippen LogP contribution < -0.4 is 14.8 Å². The molecule has 19 heavy (non-hydrogen) atoms. The van der Waals surface area contributed by atoms with Crippen LogP contribution in [0.5, 0.6) is 11.5 Å². The average molecular weight is 263 g/mol. The lowest BCUT2D eigenvalue weighted by Gasteiger charge is -2.54. The Hall–Kier alpha value is -1.22. The maximum absolute atomic E-state index is 5.41. The van der Waals surface area contributed by atoms with Crippen molar-refractivity contribution in [3.63, 3.8) is 0 Å². The standard InChI is InChI=1S/C16H25NO2/c1-6-16(2)12(10-15(16)17-3)11-7-8-13(18-4)14(9-11)19-5/h7-9,12,15,17H,6,10H2,1-5H3. The van der Waals surface area contributed by atoms with Crippen molar-refractivity contribution in [1.29, 1.82) is 0 Å². The molecule has 1 aliphatic rings. The number of hydrogen-bond acceptors (Lipinski definition) is 3. The smallest absolute Gasteiger partial charge is 0.160 e. The van der Waals surface area contributed by atoms with Gasteiger partial charge in [-0.05, 0) is 48.9 Å². The van der Waals surface area contributed by atoms with E-state index in [0.717, 1.165) is 11.5 Å². The first-order valence-corrected chi connectivity index (χ1v) is 6.99. The van der Waals surface area contributed by atoms with Gasteiger partial charge in [0.05, 0.1) is 14.2 Å². The summed E-state index contributed by atoms with van der Waals surface area (Å²) in [6, 6.07) is 6.92. The Morgan fingerprint density at radius 2 is 1.95 bits per heavy atom. The van der Waals surface area contributed by atoms with E-state index >= 15 is 0 Å². The summed E-state index contributed by atoms with van der Waals surface area (Å²) in [4.78, 5) is 0. The molecule has 0 radical (unpaired) electrons. The molecule has 0 aromatic heterocycles. The van der Waals surface area contributed by atoms with Crippen LogP contribution in [0.2, 0.25) is 0 Å². The van der Waals surface area contributed by atoms with Crippen LogP contribution in [-0.2, 0) is 0 Å². The highest BCUT2D eigenvalue weighted by atomic mass is 16.5. The number of hydrogen-bond donors (Lipinski definition) is 1. The Morgan fingerprint density at radius 3 is 2.47 bits per heavy atom. The SMILES string of the molecule is CCC1(C)C(NC)CC1c1ccc(OC)c(OC)c1. The summed E-state index contributed by atoms with van der Waals surface area (Å²) < 4.78 is 10.7. The molecule has 3 heteroatoms. The Balaban J connectivity index is 2.28. The second-order valence-corrected chi connectivity index (χ2v) is 5.60. The van der Waals surface area contributed by atoms with Gasteiger partial charge in [0.1, 0.15) is 0 Å². The molecule has 106 valence electrons. The minimum atomic E-state index is 0.328. The van der Waals surface area contributed by atoms with Crippen LogP contribution in [0, 0.1) is 5.41 Å². The topological polar surface area (TPSA) is 30.5 Å². The van der Waals surface area contributed by atoms with Gasteiger partial charge in [0.25, 0.3) is 0 Å². The number of methoxy groups -OCH3 is 2. The third kappa shape index (κ3) is 2.20. The summed E-state index contributed by atoms with van der Waals surface area (Å²) in [6.07, 6.45) is 2.37. The summed E-state index contributed by atoms with van der Waals surface area (Å²) >= 11 is 0. The van der Waals surface area contributed by atoms with E-state index in [4.69, 9.17) is 9.47 Å². The number of benzene rings is 1. The monoisotopic (exact) mass is 263 g/mol. The molecular formula is C16H25NO2. The van der Waals surface area contributed by atoms with E-state index in [-0.39, 0.29) is 0 Å². The molecule has 3 unspecified atom stereocenters. The quantitative estimate of drug-likeness (QED) is 0.885. The normalized spacial score (nSPS) is 29.7. The second-order valence-electron chi connectivity index (χ2n) is 5.60. The lowest BCUT2D eigenvalue weighted by molar-refractivity contribution is 0.0493. The van der Waals surface area contributed by atoms with Crippen LogP contribution in [0.3, 0.4) is 0 Å². The lowest BCUT2D eigenvalue weighted by atomic mass is 9.54. The zero-order valence-electron chi connectivity index (χ0n) is 12.6. The summed E-state index contributed by atoms with van der Waals surface area (Å²) in [7, 11) is 5.43. The van der Waals surface area contributed by atoms with E-state index in [1.54, 1.807) is 14.2 Å². The van der Waals surface area contributed by atoms with E-state index in [0.29, 0.717) is 17.4 Å². The van der Waals surface area contributed by atoms with Crippen molar-refractivity contribution in [2.75, 3.05) is 21.3 Å². The van der Waals surface area contributed by atoms with Crippen molar-refractivity contribution in [3.8, 4) is 11.5 Å². The molecule has 2 rings (SSSR count). The summed E-state index contributed by atoms with van der Waals surface area (Å²) in [5.74, 6) is 2.22. The van der Waals surface area contributed by atoms with Gasteiger partial charge in [-0.2, -0.15) is 0 Å². The molecule has 0 amide bonds. The zero-order chi connectivity index (χ0) is 14.0. The highest BCUT2D eigenvalue weighted by Gasteiger charge is 2.50. The molecule has 1 aromatic rings. The predicted octanol–water partition coefficient (Wildman–Crippen LogP) is 3.20. The Morgan fingerprint density at radius 1 is 1.26 bits per heavy atom. The van der Waals surface area contributed by atoms with Crippen LogP contribution in [0.4, 0.5) is 0 Å². The zero-order valence-corrected chi connectivity index (χ0v) is 12.6. The van der Waals surface area contributed by atoms with Gasteiger partial charge in [-0.25, -0.2) is 0 Å². The minimum absolute atomic E-state index is 0.328. The molecule has 1 saturated carbocycles. The Bertz CT molecular complexity index is 446. The maximum Gasteiger partial charge on any atom is 0.160 e. The van der Waals surface area contributed by atoms with E-state index in [2.05, 4.69) is 38.3 Å². The molecule has 0 saturated heterocycles. The van der Waals surface area contributed by atoms with Gasteiger partial charge in [0, 0.05) is 6.04 Å². The molecule has 1 fully saturated rings. The third-order valence-corrected chi connectivity index (χ3v) is 4.98. The van der Waals surface area contributed by atoms with Gasteiger partial charge < -0.3 is 14.8 Å². The fourth-order valence-corrected chi connectivity index (χ4v) is 3.38. The molecule has 1 N–H and O–H groups in total. The number of rotatable bonds is 5. The van der Waals surface area contributed by atoms with Crippen molar-refractivity contribution in [1.82, 2.24) is 5.32 Å². The minimum Gasteiger partial charge on any atom is -0.493 e. The molecule has 0 bridgehead atoms. The van der Waals surface area contributed by atoms with Gasteiger partial charge in [-0.1, -0.05) is 19.9 Å². The first-order chi connectivity index (χ1) is 9.10. The van der Waals surface area contributed by atoms with Gasteiger partial charge in [0.2, 0.25) is 0 Å². The molecule has 3 atom stereocenters. The van der Waals surface area contributed by atoms with Crippen LogP contribution in [0.1, 0.15) is 38.2 Å². The largest absolute Gasteiger partial charge is 0.493 e. The molecule has 1 aromatic carbocycles. The van der Waals surface area contributed by atoms with Gasteiger partial charge in [0.15, 0.2) is 11.5 Å². The molecule has 1 aliphatic carbocycles.